The Labute approximate surface area is 264 Å². The van der Waals surface area contributed by atoms with Gasteiger partial charge in [0.25, 0.3) is 0 Å². The van der Waals surface area contributed by atoms with Crippen LogP contribution in [0, 0.1) is 23.7 Å². The van der Waals surface area contributed by atoms with Gasteiger partial charge in [-0.25, -0.2) is 0 Å². The van der Waals surface area contributed by atoms with Gasteiger partial charge in [0.1, 0.15) is 35.1 Å². The highest BCUT2D eigenvalue weighted by atomic mass is 16.5. The maximum Gasteiger partial charge on any atom is 0.317 e. The van der Waals surface area contributed by atoms with E-state index in [0.717, 1.165) is 61.3 Å². The molecular formula is C38H52O6. The fourth-order valence-electron chi connectivity index (χ4n) is 8.76. The van der Waals surface area contributed by atoms with Crippen LogP contribution in [0.3, 0.4) is 0 Å². The largest absolute Gasteiger partial charge is 0.497 e. The summed E-state index contributed by atoms with van der Waals surface area (Å²) in [6.07, 6.45) is 5.23. The number of fused-ring (bicyclic) bond motifs is 3. The van der Waals surface area contributed by atoms with Crippen molar-refractivity contribution in [2.45, 2.75) is 109 Å². The number of methoxy groups -OCH3 is 3. The quantitative estimate of drug-likeness (QED) is 0.225. The molecule has 0 aliphatic heterocycles. The number of ketones is 1. The maximum atomic E-state index is 14.3. The average molecular weight is 605 g/mol. The van der Waals surface area contributed by atoms with E-state index in [1.54, 1.807) is 21.3 Å². The summed E-state index contributed by atoms with van der Waals surface area (Å²) in [6.45, 7) is 13.3. The molecule has 0 amide bonds. The number of carbonyl (C=O) groups excluding carboxylic acids is 2. The van der Waals surface area contributed by atoms with E-state index in [1.807, 2.05) is 6.07 Å². The third kappa shape index (κ3) is 5.63. The molecule has 6 heteroatoms. The molecule has 0 spiro atoms. The highest BCUT2D eigenvalue weighted by Gasteiger charge is 2.54. The minimum absolute atomic E-state index is 0.0314. The molecule has 2 saturated carbocycles. The number of carbonyl (C=O) groups is 2. The SMILES string of the molecule is COc1cc(OC)cc(C(C)(C)[C@@H]2CC[C@@H](C)C[C@@H]2OC(=O)[C@@H]2C(=O)CC[C@]3(C)c4ccc(C(C)C)c(OC)c4CC[C@@H]23)c1. The number of Topliss-reactive ketones (excluding diaryl/α,β-unsaturated/α-hetero) is 1. The van der Waals surface area contributed by atoms with Gasteiger partial charge in [-0.15, -0.1) is 0 Å². The van der Waals surface area contributed by atoms with Crippen molar-refractivity contribution in [2.75, 3.05) is 21.3 Å². The van der Waals surface area contributed by atoms with Gasteiger partial charge in [0, 0.05) is 18.4 Å². The van der Waals surface area contributed by atoms with E-state index in [-0.39, 0.29) is 40.5 Å². The molecule has 2 fully saturated rings. The molecule has 0 N–H and O–H groups in total. The number of esters is 1. The Kier molecular flexibility index (Phi) is 9.13. The van der Waals surface area contributed by atoms with Gasteiger partial charge >= 0.3 is 5.97 Å². The topological polar surface area (TPSA) is 71.1 Å². The van der Waals surface area contributed by atoms with Crippen molar-refractivity contribution in [2.24, 2.45) is 23.7 Å². The standard InChI is InChI=1S/C38H52O6/c1-22(2)27-11-14-29-28(35(27)43-9)12-15-31-34(32(39)16-17-38(29,31)6)36(40)44-33-18-23(3)10-13-30(33)37(4,5)24-19-25(41-7)21-26(20-24)42-8/h11,14,19-23,30-31,33-34H,10,12-13,15-18H2,1-9H3/t23-,30-,31+,33+,34+,38-/m1/s1. The highest BCUT2D eigenvalue weighted by molar-refractivity contribution is 6.00. The molecule has 240 valence electrons. The van der Waals surface area contributed by atoms with Gasteiger partial charge in [-0.2, -0.15) is 0 Å². The highest BCUT2D eigenvalue weighted by Crippen LogP contribution is 2.54. The van der Waals surface area contributed by atoms with Crippen LogP contribution in [0.1, 0.15) is 108 Å². The van der Waals surface area contributed by atoms with Crippen LogP contribution in [0.2, 0.25) is 0 Å². The second kappa shape index (κ2) is 12.4. The zero-order chi connectivity index (χ0) is 32.0. The van der Waals surface area contributed by atoms with Crippen molar-refractivity contribution in [3.63, 3.8) is 0 Å². The molecule has 0 unspecified atom stereocenters. The summed E-state index contributed by atoms with van der Waals surface area (Å²) >= 11 is 0. The molecule has 0 radical (unpaired) electrons. The Morgan fingerprint density at radius 3 is 2.25 bits per heavy atom. The summed E-state index contributed by atoms with van der Waals surface area (Å²) in [5, 5.41) is 0. The summed E-state index contributed by atoms with van der Waals surface area (Å²) in [7, 11) is 5.08. The van der Waals surface area contributed by atoms with Crippen LogP contribution < -0.4 is 14.2 Å². The molecule has 3 aliphatic rings. The second-order valence-corrected chi connectivity index (χ2v) is 14.7. The molecule has 0 aromatic heterocycles. The summed E-state index contributed by atoms with van der Waals surface area (Å²) in [4.78, 5) is 27.9. The van der Waals surface area contributed by atoms with E-state index in [4.69, 9.17) is 18.9 Å². The first-order valence-corrected chi connectivity index (χ1v) is 16.5. The summed E-state index contributed by atoms with van der Waals surface area (Å²) in [5.74, 6) is 2.22. The number of rotatable bonds is 8. The fourth-order valence-corrected chi connectivity index (χ4v) is 8.76. The van der Waals surface area contributed by atoms with Gasteiger partial charge in [-0.3, -0.25) is 9.59 Å². The van der Waals surface area contributed by atoms with Crippen LogP contribution in [0.25, 0.3) is 0 Å². The van der Waals surface area contributed by atoms with Gasteiger partial charge < -0.3 is 18.9 Å². The fraction of sp³-hybridized carbons (Fsp3) is 0.632. The minimum atomic E-state index is -0.740. The Hall–Kier alpha value is -3.02. The first-order chi connectivity index (χ1) is 20.8. The zero-order valence-corrected chi connectivity index (χ0v) is 28.3. The third-order valence-electron chi connectivity index (χ3n) is 11.5. The molecule has 2 aromatic carbocycles. The third-order valence-corrected chi connectivity index (χ3v) is 11.5. The molecule has 0 saturated heterocycles. The predicted octanol–water partition coefficient (Wildman–Crippen LogP) is 7.96. The molecule has 44 heavy (non-hydrogen) atoms. The zero-order valence-electron chi connectivity index (χ0n) is 28.3. The number of hydrogen-bond donors (Lipinski definition) is 0. The van der Waals surface area contributed by atoms with Crippen molar-refractivity contribution in [1.82, 2.24) is 0 Å². The minimum Gasteiger partial charge on any atom is -0.497 e. The van der Waals surface area contributed by atoms with E-state index in [1.165, 1.54) is 16.7 Å². The maximum absolute atomic E-state index is 14.3. The molecule has 6 atom stereocenters. The van der Waals surface area contributed by atoms with Gasteiger partial charge in [0.05, 0.1) is 21.3 Å². The van der Waals surface area contributed by atoms with Crippen LogP contribution >= 0.6 is 0 Å². The van der Waals surface area contributed by atoms with Gasteiger partial charge in [0.15, 0.2) is 0 Å². The van der Waals surface area contributed by atoms with E-state index in [0.29, 0.717) is 18.3 Å². The summed E-state index contributed by atoms with van der Waals surface area (Å²) < 4.78 is 23.7. The Morgan fingerprint density at radius 1 is 0.955 bits per heavy atom. The van der Waals surface area contributed by atoms with Crippen LogP contribution in [0.15, 0.2) is 30.3 Å². The summed E-state index contributed by atoms with van der Waals surface area (Å²) in [6, 6.07) is 10.4. The summed E-state index contributed by atoms with van der Waals surface area (Å²) in [5.41, 5.74) is 4.18. The number of benzene rings is 2. The first-order valence-electron chi connectivity index (χ1n) is 16.5. The molecule has 6 nitrogen and oxygen atoms in total. The van der Waals surface area contributed by atoms with Crippen LogP contribution in [-0.4, -0.2) is 39.2 Å². The number of ether oxygens (including phenoxy) is 4. The van der Waals surface area contributed by atoms with Crippen LogP contribution in [-0.2, 0) is 31.6 Å². The van der Waals surface area contributed by atoms with Crippen molar-refractivity contribution in [3.8, 4) is 17.2 Å². The van der Waals surface area contributed by atoms with Crippen molar-refractivity contribution in [3.05, 3.63) is 52.6 Å². The van der Waals surface area contributed by atoms with Gasteiger partial charge in [-0.1, -0.05) is 60.1 Å². The number of hydrogen-bond acceptors (Lipinski definition) is 6. The van der Waals surface area contributed by atoms with Gasteiger partial charge in [0.2, 0.25) is 0 Å². The lowest BCUT2D eigenvalue weighted by Crippen LogP contribution is -2.52. The van der Waals surface area contributed by atoms with Crippen molar-refractivity contribution < 1.29 is 28.5 Å². The van der Waals surface area contributed by atoms with E-state index in [9.17, 15) is 9.59 Å². The van der Waals surface area contributed by atoms with E-state index in [2.05, 4.69) is 65.8 Å². The molecular weight excluding hydrogens is 552 g/mol. The molecule has 2 aromatic rings. The van der Waals surface area contributed by atoms with E-state index >= 15 is 0 Å². The van der Waals surface area contributed by atoms with E-state index < -0.39 is 5.92 Å². The smallest absolute Gasteiger partial charge is 0.317 e. The molecule has 3 aliphatic carbocycles. The molecule has 0 bridgehead atoms. The second-order valence-electron chi connectivity index (χ2n) is 14.7. The molecule has 5 rings (SSSR count). The monoisotopic (exact) mass is 604 g/mol. The Bertz CT molecular complexity index is 1370. The first kappa shape index (κ1) is 32.4. The normalized spacial score (nSPS) is 28.6. The Morgan fingerprint density at radius 2 is 1.64 bits per heavy atom. The van der Waals surface area contributed by atoms with Gasteiger partial charge in [-0.05, 0) is 95.1 Å². The van der Waals surface area contributed by atoms with Crippen LogP contribution in [0.5, 0.6) is 17.2 Å². The lowest BCUT2D eigenvalue weighted by molar-refractivity contribution is -0.169. The predicted molar refractivity (Wildman–Crippen MR) is 173 cm³/mol. The van der Waals surface area contributed by atoms with Crippen molar-refractivity contribution >= 4 is 11.8 Å². The molecule has 0 heterocycles. The van der Waals surface area contributed by atoms with Crippen molar-refractivity contribution in [1.29, 1.82) is 0 Å². The lowest BCUT2D eigenvalue weighted by atomic mass is 9.54. The Balaban J connectivity index is 1.45. The average Bonchev–Trinajstić information content (AvgIpc) is 3.00. The van der Waals surface area contributed by atoms with Crippen LogP contribution in [0.4, 0.5) is 0 Å². The lowest BCUT2D eigenvalue weighted by Gasteiger charge is -2.50.